The van der Waals surface area contributed by atoms with Gasteiger partial charge in [-0.2, -0.15) is 0 Å². The maximum absolute atomic E-state index is 12.6. The highest BCUT2D eigenvalue weighted by molar-refractivity contribution is 7.89. The minimum atomic E-state index is -3.55. The van der Waals surface area contributed by atoms with E-state index in [4.69, 9.17) is 0 Å². The van der Waals surface area contributed by atoms with Crippen LogP contribution in [-0.4, -0.2) is 26.4 Å². The smallest absolute Gasteiger partial charge is 0.251 e. The predicted molar refractivity (Wildman–Crippen MR) is 100 cm³/mol. The van der Waals surface area contributed by atoms with E-state index in [9.17, 15) is 13.2 Å². The van der Waals surface area contributed by atoms with Crippen molar-refractivity contribution in [2.45, 2.75) is 76.8 Å². The molecule has 1 unspecified atom stereocenters. The van der Waals surface area contributed by atoms with Crippen molar-refractivity contribution in [3.63, 3.8) is 0 Å². The number of nitrogens with one attached hydrogen (secondary N) is 2. The summed E-state index contributed by atoms with van der Waals surface area (Å²) in [5.41, 5.74) is 1.20. The molecule has 0 heterocycles. The van der Waals surface area contributed by atoms with Gasteiger partial charge in [-0.1, -0.05) is 32.8 Å². The first-order valence-corrected chi connectivity index (χ1v) is 10.6. The Kier molecular flexibility index (Phi) is 6.63. The molecule has 140 valence electrons. The molecule has 0 aromatic heterocycles. The number of carbonyl (C=O) groups is 1. The molecule has 2 rings (SSSR count). The molecule has 1 amide bonds. The summed E-state index contributed by atoms with van der Waals surface area (Å²) in [6, 6.07) is 4.85. The molecule has 1 aromatic rings. The molecule has 5 nitrogen and oxygen atoms in total. The van der Waals surface area contributed by atoms with Crippen LogP contribution >= 0.6 is 0 Å². The molecule has 1 atom stereocenters. The molecule has 0 aliphatic heterocycles. The second-order valence-corrected chi connectivity index (χ2v) is 9.29. The topological polar surface area (TPSA) is 75.3 Å². The maximum Gasteiger partial charge on any atom is 0.251 e. The Morgan fingerprint density at radius 2 is 1.88 bits per heavy atom. The molecule has 0 spiro atoms. The van der Waals surface area contributed by atoms with Gasteiger partial charge in [0.05, 0.1) is 4.90 Å². The zero-order chi connectivity index (χ0) is 18.6. The molecule has 1 aliphatic rings. The monoisotopic (exact) mass is 366 g/mol. The van der Waals surface area contributed by atoms with E-state index >= 15 is 0 Å². The van der Waals surface area contributed by atoms with E-state index in [1.54, 1.807) is 12.1 Å². The zero-order valence-electron chi connectivity index (χ0n) is 15.6. The van der Waals surface area contributed by atoms with Crippen LogP contribution in [0.3, 0.4) is 0 Å². The lowest BCUT2D eigenvalue weighted by Crippen LogP contribution is -2.33. The largest absolute Gasteiger partial charge is 0.350 e. The van der Waals surface area contributed by atoms with E-state index in [1.165, 1.54) is 6.07 Å². The van der Waals surface area contributed by atoms with Crippen molar-refractivity contribution >= 4 is 15.9 Å². The van der Waals surface area contributed by atoms with Crippen molar-refractivity contribution in [1.82, 2.24) is 10.0 Å². The van der Waals surface area contributed by atoms with Crippen LogP contribution < -0.4 is 10.0 Å². The lowest BCUT2D eigenvalue weighted by atomic mass is 10.0. The molecule has 1 aromatic carbocycles. The summed E-state index contributed by atoms with van der Waals surface area (Å²) in [5.74, 6) is 0.448. The van der Waals surface area contributed by atoms with Crippen LogP contribution in [0.15, 0.2) is 23.1 Å². The Morgan fingerprint density at radius 3 is 2.48 bits per heavy atom. The summed E-state index contributed by atoms with van der Waals surface area (Å²) in [7, 11) is -3.55. The Bertz CT molecular complexity index is 709. The summed E-state index contributed by atoms with van der Waals surface area (Å²) < 4.78 is 27.4. The van der Waals surface area contributed by atoms with Crippen LogP contribution in [0.2, 0.25) is 0 Å². The van der Waals surface area contributed by atoms with Gasteiger partial charge in [0.15, 0.2) is 0 Å². The van der Waals surface area contributed by atoms with Crippen LogP contribution in [0.4, 0.5) is 0 Å². The standard InChI is InChI=1S/C19H30N2O3S/c1-13(2)6-5-7-15(4)20-19(22)18-12-17(11-8-14(18)3)25(23,24)21-16-9-10-16/h8,11-13,15-16,21H,5-7,9-10H2,1-4H3,(H,20,22). The number of benzene rings is 1. The number of hydrogen-bond acceptors (Lipinski definition) is 3. The minimum Gasteiger partial charge on any atom is -0.350 e. The molecular weight excluding hydrogens is 336 g/mol. The fraction of sp³-hybridized carbons (Fsp3) is 0.632. The molecule has 0 radical (unpaired) electrons. The minimum absolute atomic E-state index is 0.0459. The molecular formula is C19H30N2O3S. The van der Waals surface area contributed by atoms with Gasteiger partial charge in [0.1, 0.15) is 0 Å². The molecule has 0 saturated heterocycles. The van der Waals surface area contributed by atoms with Crippen LogP contribution in [0.1, 0.15) is 68.8 Å². The fourth-order valence-corrected chi connectivity index (χ4v) is 4.04. The first kappa shape index (κ1) is 19.9. The lowest BCUT2D eigenvalue weighted by Gasteiger charge is -2.16. The van der Waals surface area contributed by atoms with Crippen molar-refractivity contribution < 1.29 is 13.2 Å². The van der Waals surface area contributed by atoms with Crippen LogP contribution in [0.5, 0.6) is 0 Å². The number of sulfonamides is 1. The summed E-state index contributed by atoms with van der Waals surface area (Å²) >= 11 is 0. The molecule has 25 heavy (non-hydrogen) atoms. The van der Waals surface area contributed by atoms with E-state index in [2.05, 4.69) is 23.9 Å². The van der Waals surface area contributed by atoms with Crippen LogP contribution in [-0.2, 0) is 10.0 Å². The second kappa shape index (κ2) is 8.32. The molecule has 6 heteroatoms. The predicted octanol–water partition coefficient (Wildman–Crippen LogP) is 3.38. The first-order valence-electron chi connectivity index (χ1n) is 9.13. The van der Waals surface area contributed by atoms with Gasteiger partial charge in [-0.05, 0) is 56.7 Å². The third-order valence-corrected chi connectivity index (χ3v) is 5.98. The highest BCUT2D eigenvalue weighted by atomic mass is 32.2. The number of rotatable bonds is 9. The van der Waals surface area contributed by atoms with Gasteiger partial charge in [-0.3, -0.25) is 4.79 Å². The summed E-state index contributed by atoms with van der Waals surface area (Å²) in [4.78, 5) is 12.7. The summed E-state index contributed by atoms with van der Waals surface area (Å²) in [5, 5.41) is 2.99. The fourth-order valence-electron chi connectivity index (χ4n) is 2.71. The Morgan fingerprint density at radius 1 is 1.20 bits per heavy atom. The molecule has 0 bridgehead atoms. The lowest BCUT2D eigenvalue weighted by molar-refractivity contribution is 0.0937. The van der Waals surface area contributed by atoms with E-state index < -0.39 is 10.0 Å². The van der Waals surface area contributed by atoms with Crippen molar-refractivity contribution in [2.75, 3.05) is 0 Å². The molecule has 1 saturated carbocycles. The van der Waals surface area contributed by atoms with Gasteiger partial charge in [0.2, 0.25) is 10.0 Å². The van der Waals surface area contributed by atoms with Crippen molar-refractivity contribution in [1.29, 1.82) is 0 Å². The summed E-state index contributed by atoms with van der Waals surface area (Å²) in [6.07, 6.45) is 4.89. The number of amides is 1. The van der Waals surface area contributed by atoms with E-state index in [1.807, 2.05) is 13.8 Å². The van der Waals surface area contributed by atoms with Gasteiger partial charge < -0.3 is 5.32 Å². The van der Waals surface area contributed by atoms with Gasteiger partial charge in [-0.25, -0.2) is 13.1 Å². The Hall–Kier alpha value is -1.40. The highest BCUT2D eigenvalue weighted by Crippen LogP contribution is 2.23. The third-order valence-electron chi connectivity index (χ3n) is 4.46. The molecule has 1 aliphatic carbocycles. The van der Waals surface area contributed by atoms with Gasteiger partial charge in [0.25, 0.3) is 5.91 Å². The quantitative estimate of drug-likeness (QED) is 0.703. The van der Waals surface area contributed by atoms with Crippen molar-refractivity contribution in [3.8, 4) is 0 Å². The third kappa shape index (κ3) is 6.12. The molecule has 2 N–H and O–H groups in total. The number of aryl methyl sites for hydroxylation is 1. The van der Waals surface area contributed by atoms with Crippen molar-refractivity contribution in [2.24, 2.45) is 5.92 Å². The zero-order valence-corrected chi connectivity index (χ0v) is 16.4. The SMILES string of the molecule is Cc1ccc(S(=O)(=O)NC2CC2)cc1C(=O)NC(C)CCCC(C)C. The van der Waals surface area contributed by atoms with E-state index in [0.717, 1.165) is 37.7 Å². The van der Waals surface area contributed by atoms with Gasteiger partial charge in [0, 0.05) is 17.6 Å². The average molecular weight is 367 g/mol. The van der Waals surface area contributed by atoms with E-state index in [0.29, 0.717) is 11.5 Å². The first-order chi connectivity index (χ1) is 11.7. The number of hydrogen-bond donors (Lipinski definition) is 2. The van der Waals surface area contributed by atoms with E-state index in [-0.39, 0.29) is 22.9 Å². The van der Waals surface area contributed by atoms with Crippen LogP contribution in [0, 0.1) is 12.8 Å². The van der Waals surface area contributed by atoms with Gasteiger partial charge in [-0.15, -0.1) is 0 Å². The average Bonchev–Trinajstić information content (AvgIpc) is 3.30. The normalized spacial score (nSPS) is 16.0. The maximum atomic E-state index is 12.6. The van der Waals surface area contributed by atoms with Gasteiger partial charge >= 0.3 is 0 Å². The Labute approximate surface area is 151 Å². The van der Waals surface area contributed by atoms with Crippen LogP contribution in [0.25, 0.3) is 0 Å². The molecule has 1 fully saturated rings. The van der Waals surface area contributed by atoms with Crippen molar-refractivity contribution in [3.05, 3.63) is 29.3 Å². The second-order valence-electron chi connectivity index (χ2n) is 7.57. The highest BCUT2D eigenvalue weighted by Gasteiger charge is 2.28. The summed E-state index contributed by atoms with van der Waals surface area (Å²) in [6.45, 7) is 8.19. The number of carbonyl (C=O) groups excluding carboxylic acids is 1. The Balaban J connectivity index is 2.04.